The van der Waals surface area contributed by atoms with Crippen LogP contribution in [0.25, 0.3) is 0 Å². The van der Waals surface area contributed by atoms with E-state index in [0.717, 1.165) is 17.0 Å². The van der Waals surface area contributed by atoms with Crippen LogP contribution in [0.15, 0.2) is 60.7 Å². The molecule has 0 bridgehead atoms. The van der Waals surface area contributed by atoms with E-state index in [4.69, 9.17) is 11.5 Å². The molecule has 7 heteroatoms. The highest BCUT2D eigenvalue weighted by atomic mass is 32.1. The monoisotopic (exact) mass is 380 g/mol. The van der Waals surface area contributed by atoms with Gasteiger partial charge in [0, 0.05) is 11.3 Å². The molecule has 1 atom stereocenters. The van der Waals surface area contributed by atoms with Crippen molar-refractivity contribution in [1.29, 1.82) is 0 Å². The van der Waals surface area contributed by atoms with E-state index >= 15 is 0 Å². The topological polar surface area (TPSA) is 102 Å². The largest absolute Gasteiger partial charge is 0.382 e. The Kier molecular flexibility index (Phi) is 5.52. The van der Waals surface area contributed by atoms with Crippen molar-refractivity contribution in [3.63, 3.8) is 0 Å². The van der Waals surface area contributed by atoms with Gasteiger partial charge in [-0.2, -0.15) is 0 Å². The molecule has 6 nitrogen and oxygen atoms in total. The van der Waals surface area contributed by atoms with Gasteiger partial charge in [0.25, 0.3) is 0 Å². The Balaban J connectivity index is 2.06. The van der Waals surface area contributed by atoms with Crippen LogP contribution < -0.4 is 16.4 Å². The molecular formula is C20H20N4O2S. The minimum absolute atomic E-state index is 0.143. The number of para-hydroxylation sites is 1. The maximum atomic E-state index is 12.8. The molecule has 0 saturated carbocycles. The number of benzene rings is 2. The van der Waals surface area contributed by atoms with Gasteiger partial charge < -0.3 is 16.4 Å². The van der Waals surface area contributed by atoms with Crippen molar-refractivity contribution in [2.45, 2.75) is 19.4 Å². The summed E-state index contributed by atoms with van der Waals surface area (Å²) >= 11 is 1.16. The minimum atomic E-state index is -0.599. The highest BCUT2D eigenvalue weighted by Gasteiger charge is 2.28. The van der Waals surface area contributed by atoms with Gasteiger partial charge in [0.15, 0.2) is 5.13 Å². The molecule has 0 saturated heterocycles. The Morgan fingerprint density at radius 3 is 2.22 bits per heavy atom. The number of amides is 1. The van der Waals surface area contributed by atoms with Crippen LogP contribution in [0.5, 0.6) is 0 Å². The third-order valence-electron chi connectivity index (χ3n) is 4.15. The number of anilines is 3. The Morgan fingerprint density at radius 1 is 1.07 bits per heavy atom. The van der Waals surface area contributed by atoms with Gasteiger partial charge in [0.2, 0.25) is 11.7 Å². The van der Waals surface area contributed by atoms with Crippen molar-refractivity contribution in [2.75, 3.05) is 10.6 Å². The number of aromatic nitrogens is 1. The van der Waals surface area contributed by atoms with Gasteiger partial charge in [-0.1, -0.05) is 66.8 Å². The maximum Gasteiger partial charge on any atom is 0.240 e. The minimum Gasteiger partial charge on any atom is -0.382 e. The lowest BCUT2D eigenvalue weighted by atomic mass is 10.1. The molecule has 27 heavy (non-hydrogen) atoms. The van der Waals surface area contributed by atoms with E-state index in [-0.39, 0.29) is 11.6 Å². The van der Waals surface area contributed by atoms with E-state index in [1.54, 1.807) is 29.2 Å². The van der Waals surface area contributed by atoms with Gasteiger partial charge in [0.05, 0.1) is 0 Å². The Bertz CT molecular complexity index is 941. The fourth-order valence-electron chi connectivity index (χ4n) is 2.83. The molecule has 1 amide bonds. The van der Waals surface area contributed by atoms with Crippen molar-refractivity contribution in [3.8, 4) is 0 Å². The zero-order valence-corrected chi connectivity index (χ0v) is 15.6. The Morgan fingerprint density at radius 2 is 1.67 bits per heavy atom. The van der Waals surface area contributed by atoms with Crippen molar-refractivity contribution >= 4 is 39.7 Å². The maximum absolute atomic E-state index is 12.8. The number of nitrogens with zero attached hydrogens (tertiary/aromatic N) is 2. The normalized spacial score (nSPS) is 11.7. The van der Waals surface area contributed by atoms with Crippen molar-refractivity contribution in [1.82, 2.24) is 4.98 Å². The van der Waals surface area contributed by atoms with Gasteiger partial charge in [-0.3, -0.25) is 9.59 Å². The lowest BCUT2D eigenvalue weighted by Crippen LogP contribution is -2.41. The zero-order chi connectivity index (χ0) is 19.4. The molecule has 2 aromatic carbocycles. The van der Waals surface area contributed by atoms with Gasteiger partial charge in [-0.15, -0.1) is 0 Å². The predicted molar refractivity (Wildman–Crippen MR) is 108 cm³/mol. The van der Waals surface area contributed by atoms with Crippen LogP contribution in [0, 0.1) is 0 Å². The smallest absolute Gasteiger partial charge is 0.240 e. The van der Waals surface area contributed by atoms with Gasteiger partial charge in [0.1, 0.15) is 16.7 Å². The molecular weight excluding hydrogens is 360 g/mol. The quantitative estimate of drug-likeness (QED) is 0.612. The van der Waals surface area contributed by atoms with Crippen LogP contribution in [0.2, 0.25) is 0 Å². The average Bonchev–Trinajstić information content (AvgIpc) is 3.07. The van der Waals surface area contributed by atoms with Crippen molar-refractivity contribution in [3.05, 3.63) is 71.1 Å². The summed E-state index contributed by atoms with van der Waals surface area (Å²) in [5.74, 6) is -0.521. The van der Waals surface area contributed by atoms with Crippen LogP contribution in [0.4, 0.5) is 16.6 Å². The number of nitrogen functional groups attached to an aromatic ring is 1. The lowest BCUT2D eigenvalue weighted by Gasteiger charge is -2.28. The number of primary amides is 1. The Hall–Kier alpha value is -3.19. The summed E-state index contributed by atoms with van der Waals surface area (Å²) in [7, 11) is 0. The number of thiazole rings is 1. The fraction of sp³-hybridized carbons (Fsp3) is 0.150. The first kappa shape index (κ1) is 18.6. The van der Waals surface area contributed by atoms with E-state index in [2.05, 4.69) is 4.98 Å². The van der Waals surface area contributed by atoms with E-state index in [1.807, 2.05) is 43.3 Å². The van der Waals surface area contributed by atoms with Crippen LogP contribution in [0.1, 0.15) is 28.6 Å². The van der Waals surface area contributed by atoms with Crippen LogP contribution in [-0.2, 0) is 4.79 Å². The van der Waals surface area contributed by atoms with Gasteiger partial charge in [-0.25, -0.2) is 4.98 Å². The number of ketones is 1. The van der Waals surface area contributed by atoms with Crippen LogP contribution in [0.3, 0.4) is 0 Å². The molecule has 138 valence electrons. The highest BCUT2D eigenvalue weighted by molar-refractivity contribution is 7.18. The molecule has 3 rings (SSSR count). The summed E-state index contributed by atoms with van der Waals surface area (Å²) < 4.78 is 0. The SMILES string of the molecule is CC[C@H](C(N)=O)N(c1ccccc1)c1nc(N)c(C(=O)c2ccccc2)s1. The fourth-order valence-corrected chi connectivity index (χ4v) is 3.85. The first-order chi connectivity index (χ1) is 13.0. The first-order valence-electron chi connectivity index (χ1n) is 8.52. The van der Waals surface area contributed by atoms with Crippen LogP contribution in [-0.4, -0.2) is 22.7 Å². The summed E-state index contributed by atoms with van der Waals surface area (Å²) in [6, 6.07) is 17.6. The molecule has 0 fully saturated rings. The molecule has 0 aliphatic rings. The van der Waals surface area contributed by atoms with Crippen molar-refractivity contribution in [2.24, 2.45) is 5.73 Å². The van der Waals surface area contributed by atoms with E-state index in [1.165, 1.54) is 0 Å². The molecule has 1 heterocycles. The number of carbonyl (C=O) groups is 2. The molecule has 4 N–H and O–H groups in total. The third-order valence-corrected chi connectivity index (χ3v) is 5.22. The summed E-state index contributed by atoms with van der Waals surface area (Å²) in [5.41, 5.74) is 13.0. The second-order valence-corrected chi connectivity index (χ2v) is 6.92. The van der Waals surface area contributed by atoms with E-state index in [9.17, 15) is 9.59 Å². The molecule has 0 spiro atoms. The lowest BCUT2D eigenvalue weighted by molar-refractivity contribution is -0.119. The number of carbonyl (C=O) groups excluding carboxylic acids is 2. The summed E-state index contributed by atoms with van der Waals surface area (Å²) in [4.78, 5) is 31.3. The van der Waals surface area contributed by atoms with E-state index < -0.39 is 11.9 Å². The number of hydrogen-bond donors (Lipinski definition) is 2. The van der Waals surface area contributed by atoms with Gasteiger partial charge in [-0.05, 0) is 18.6 Å². The Labute approximate surface area is 161 Å². The second-order valence-electron chi connectivity index (χ2n) is 5.94. The third kappa shape index (κ3) is 3.83. The molecule has 0 unspecified atom stereocenters. The molecule has 0 aliphatic heterocycles. The average molecular weight is 380 g/mol. The number of nitrogens with two attached hydrogens (primary N) is 2. The van der Waals surface area contributed by atoms with Gasteiger partial charge >= 0.3 is 0 Å². The number of rotatable bonds is 7. The first-order valence-corrected chi connectivity index (χ1v) is 9.34. The molecule has 0 aliphatic carbocycles. The summed E-state index contributed by atoms with van der Waals surface area (Å²) in [6.45, 7) is 1.87. The summed E-state index contributed by atoms with van der Waals surface area (Å²) in [6.07, 6.45) is 0.492. The van der Waals surface area contributed by atoms with Crippen molar-refractivity contribution < 1.29 is 9.59 Å². The highest BCUT2D eigenvalue weighted by Crippen LogP contribution is 2.36. The zero-order valence-electron chi connectivity index (χ0n) is 14.8. The standard InChI is InChI=1S/C20H20N4O2S/c1-2-15(19(22)26)24(14-11-7-4-8-12-14)20-23-18(21)17(27-20)16(25)13-9-5-3-6-10-13/h3-12,15H,2,21H2,1H3,(H2,22,26)/t15-/m1/s1. The van der Waals surface area contributed by atoms with Crippen LogP contribution >= 0.6 is 11.3 Å². The molecule has 1 aromatic heterocycles. The predicted octanol–water partition coefficient (Wildman–Crippen LogP) is 3.36. The molecule has 3 aromatic rings. The molecule has 0 radical (unpaired) electrons. The number of hydrogen-bond acceptors (Lipinski definition) is 6. The van der Waals surface area contributed by atoms with E-state index in [0.29, 0.717) is 22.0 Å². The summed E-state index contributed by atoms with van der Waals surface area (Å²) in [5, 5.41) is 0.462. The second kappa shape index (κ2) is 8.01.